The molecule has 4 nitrogen and oxygen atoms in total. The number of phenols is 1. The number of aliphatic hydroxyl groups is 2. The summed E-state index contributed by atoms with van der Waals surface area (Å²) in [6.45, 7) is 3.34. The summed E-state index contributed by atoms with van der Waals surface area (Å²) in [5.41, 5.74) is 0.831. The van der Waals surface area contributed by atoms with Crippen LogP contribution in [0.3, 0.4) is 0 Å². The second-order valence-corrected chi connectivity index (χ2v) is 6.75. The molecule has 0 aromatic heterocycles. The Kier molecular flexibility index (Phi) is 4.90. The highest BCUT2D eigenvalue weighted by atomic mass is 16.3. The molecule has 0 spiro atoms. The topological polar surface area (TPSA) is 63.9 Å². The molecule has 1 aliphatic rings. The molecule has 0 saturated carbocycles. The van der Waals surface area contributed by atoms with E-state index in [0.717, 1.165) is 30.5 Å². The molecule has 3 unspecified atom stereocenters. The predicted molar refractivity (Wildman–Crippen MR) is 93.7 cm³/mol. The standard InChI is InChI=1S/C20H25NO3/c1-15(19(23)16-8-10-18(22)11-9-16)21-13-5-12-20(24,14-21)17-6-3-2-4-7-17/h2-4,6-11,15,19,22-24H,5,12-14H2,1H3. The number of β-amino-alcohol motifs (C(OH)–C–C–N with tert-alkyl or cyclic N) is 1. The van der Waals surface area contributed by atoms with Crippen LogP contribution in [0.2, 0.25) is 0 Å². The molecule has 0 radical (unpaired) electrons. The zero-order valence-electron chi connectivity index (χ0n) is 14.0. The lowest BCUT2D eigenvalue weighted by Crippen LogP contribution is -2.50. The summed E-state index contributed by atoms with van der Waals surface area (Å²) in [5, 5.41) is 31.2. The maximum Gasteiger partial charge on any atom is 0.115 e. The molecule has 0 aliphatic carbocycles. The molecule has 128 valence electrons. The van der Waals surface area contributed by atoms with Crippen LogP contribution in [0.4, 0.5) is 0 Å². The van der Waals surface area contributed by atoms with Crippen LogP contribution in [0.15, 0.2) is 54.6 Å². The minimum Gasteiger partial charge on any atom is -0.508 e. The Balaban J connectivity index is 1.75. The maximum absolute atomic E-state index is 11.1. The summed E-state index contributed by atoms with van der Waals surface area (Å²) in [4.78, 5) is 2.15. The van der Waals surface area contributed by atoms with E-state index in [1.165, 1.54) is 0 Å². The van der Waals surface area contributed by atoms with E-state index in [-0.39, 0.29) is 11.8 Å². The Hall–Kier alpha value is -1.88. The number of likely N-dealkylation sites (tertiary alicyclic amines) is 1. The molecule has 2 aromatic rings. The van der Waals surface area contributed by atoms with Crippen molar-refractivity contribution in [3.63, 3.8) is 0 Å². The molecule has 3 atom stereocenters. The van der Waals surface area contributed by atoms with Crippen LogP contribution in [-0.2, 0) is 5.60 Å². The maximum atomic E-state index is 11.1. The van der Waals surface area contributed by atoms with Gasteiger partial charge in [0.2, 0.25) is 0 Å². The van der Waals surface area contributed by atoms with Crippen LogP contribution >= 0.6 is 0 Å². The largest absolute Gasteiger partial charge is 0.508 e. The number of aliphatic hydroxyl groups excluding tert-OH is 1. The number of benzene rings is 2. The molecule has 2 aromatic carbocycles. The molecule has 3 rings (SSSR count). The molecular formula is C20H25NO3. The van der Waals surface area contributed by atoms with E-state index in [1.54, 1.807) is 24.3 Å². The van der Waals surface area contributed by atoms with Gasteiger partial charge in [-0.1, -0.05) is 42.5 Å². The minimum atomic E-state index is -0.873. The highest BCUT2D eigenvalue weighted by Gasteiger charge is 2.37. The Bertz CT molecular complexity index is 658. The second kappa shape index (κ2) is 6.93. The third kappa shape index (κ3) is 3.46. The van der Waals surface area contributed by atoms with E-state index in [2.05, 4.69) is 4.90 Å². The molecule has 24 heavy (non-hydrogen) atoms. The highest BCUT2D eigenvalue weighted by Crippen LogP contribution is 2.34. The quantitative estimate of drug-likeness (QED) is 0.808. The SMILES string of the molecule is CC(C(O)c1ccc(O)cc1)N1CCCC(O)(c2ccccc2)C1. The van der Waals surface area contributed by atoms with Gasteiger partial charge in [0.25, 0.3) is 0 Å². The molecule has 1 fully saturated rings. The van der Waals surface area contributed by atoms with Crippen molar-refractivity contribution in [3.8, 4) is 5.75 Å². The molecular weight excluding hydrogens is 302 g/mol. The number of hydrogen-bond acceptors (Lipinski definition) is 4. The number of rotatable bonds is 4. The molecule has 3 N–H and O–H groups in total. The van der Waals surface area contributed by atoms with Gasteiger partial charge in [-0.2, -0.15) is 0 Å². The van der Waals surface area contributed by atoms with Gasteiger partial charge in [-0.05, 0) is 49.6 Å². The van der Waals surface area contributed by atoms with Crippen LogP contribution < -0.4 is 0 Å². The fraction of sp³-hybridized carbons (Fsp3) is 0.400. The molecule has 0 bridgehead atoms. The lowest BCUT2D eigenvalue weighted by Gasteiger charge is -2.43. The van der Waals surface area contributed by atoms with Crippen LogP contribution in [-0.4, -0.2) is 39.4 Å². The summed E-state index contributed by atoms with van der Waals surface area (Å²) < 4.78 is 0. The summed E-state index contributed by atoms with van der Waals surface area (Å²) in [6, 6.07) is 16.3. The first kappa shape index (κ1) is 17.0. The van der Waals surface area contributed by atoms with E-state index in [1.807, 2.05) is 37.3 Å². The van der Waals surface area contributed by atoms with E-state index in [0.29, 0.717) is 6.54 Å². The normalized spacial score (nSPS) is 24.5. The fourth-order valence-electron chi connectivity index (χ4n) is 3.55. The first-order valence-corrected chi connectivity index (χ1v) is 8.48. The summed E-state index contributed by atoms with van der Waals surface area (Å²) in [5.74, 6) is 0.190. The summed E-state index contributed by atoms with van der Waals surface area (Å²) in [7, 11) is 0. The fourth-order valence-corrected chi connectivity index (χ4v) is 3.55. The lowest BCUT2D eigenvalue weighted by atomic mass is 9.84. The van der Waals surface area contributed by atoms with E-state index in [4.69, 9.17) is 0 Å². The van der Waals surface area contributed by atoms with E-state index in [9.17, 15) is 15.3 Å². The van der Waals surface area contributed by atoms with E-state index < -0.39 is 11.7 Å². The van der Waals surface area contributed by atoms with Gasteiger partial charge in [0, 0.05) is 12.6 Å². The van der Waals surface area contributed by atoms with Crippen molar-refractivity contribution in [1.29, 1.82) is 0 Å². The monoisotopic (exact) mass is 327 g/mol. The first-order valence-electron chi connectivity index (χ1n) is 8.48. The second-order valence-electron chi connectivity index (χ2n) is 6.75. The number of phenolic OH excluding ortho intramolecular Hbond substituents is 1. The lowest BCUT2D eigenvalue weighted by molar-refractivity contribution is -0.0648. The van der Waals surface area contributed by atoms with Gasteiger partial charge >= 0.3 is 0 Å². The number of piperidine rings is 1. The average Bonchev–Trinajstić information content (AvgIpc) is 2.62. The number of hydrogen-bond donors (Lipinski definition) is 3. The summed E-state index contributed by atoms with van der Waals surface area (Å²) >= 11 is 0. The predicted octanol–water partition coefficient (Wildman–Crippen LogP) is 2.80. The molecule has 1 heterocycles. The van der Waals surface area contributed by atoms with E-state index >= 15 is 0 Å². The molecule has 1 saturated heterocycles. The van der Waals surface area contributed by atoms with Gasteiger partial charge in [-0.25, -0.2) is 0 Å². The third-order valence-corrected chi connectivity index (χ3v) is 5.08. The van der Waals surface area contributed by atoms with Gasteiger partial charge in [0.05, 0.1) is 6.10 Å². The average molecular weight is 327 g/mol. The van der Waals surface area contributed by atoms with Crippen LogP contribution in [0.1, 0.15) is 37.0 Å². The van der Waals surface area contributed by atoms with Gasteiger partial charge in [0.15, 0.2) is 0 Å². The van der Waals surface area contributed by atoms with Crippen molar-refractivity contribution in [2.75, 3.05) is 13.1 Å². The Morgan fingerprint density at radius 2 is 1.71 bits per heavy atom. The van der Waals surface area contributed by atoms with Gasteiger partial charge < -0.3 is 15.3 Å². The number of nitrogens with zero attached hydrogens (tertiary/aromatic N) is 1. The molecule has 0 amide bonds. The van der Waals surface area contributed by atoms with Gasteiger partial charge in [0.1, 0.15) is 11.4 Å². The Morgan fingerprint density at radius 1 is 1.04 bits per heavy atom. The zero-order chi connectivity index (χ0) is 17.2. The highest BCUT2D eigenvalue weighted by molar-refractivity contribution is 5.28. The number of aromatic hydroxyl groups is 1. The van der Waals surface area contributed by atoms with Crippen LogP contribution in [0.25, 0.3) is 0 Å². The zero-order valence-corrected chi connectivity index (χ0v) is 14.0. The smallest absolute Gasteiger partial charge is 0.115 e. The molecule has 4 heteroatoms. The first-order chi connectivity index (χ1) is 11.5. The molecule has 1 aliphatic heterocycles. The van der Waals surface area contributed by atoms with Crippen molar-refractivity contribution < 1.29 is 15.3 Å². The van der Waals surface area contributed by atoms with Crippen LogP contribution in [0.5, 0.6) is 5.75 Å². The Morgan fingerprint density at radius 3 is 2.38 bits per heavy atom. The van der Waals surface area contributed by atoms with Crippen molar-refractivity contribution in [2.24, 2.45) is 0 Å². The van der Waals surface area contributed by atoms with Gasteiger partial charge in [-0.15, -0.1) is 0 Å². The van der Waals surface area contributed by atoms with Gasteiger partial charge in [-0.3, -0.25) is 4.90 Å². The Labute approximate surface area is 143 Å². The van der Waals surface area contributed by atoms with Crippen molar-refractivity contribution >= 4 is 0 Å². The minimum absolute atomic E-state index is 0.120. The third-order valence-electron chi connectivity index (χ3n) is 5.08. The van der Waals surface area contributed by atoms with Crippen molar-refractivity contribution in [2.45, 2.75) is 37.5 Å². The van der Waals surface area contributed by atoms with Crippen molar-refractivity contribution in [3.05, 3.63) is 65.7 Å². The van der Waals surface area contributed by atoms with Crippen LogP contribution in [0, 0.1) is 0 Å². The van der Waals surface area contributed by atoms with Crippen molar-refractivity contribution in [1.82, 2.24) is 4.90 Å². The summed E-state index contributed by atoms with van der Waals surface area (Å²) in [6.07, 6.45) is 0.955.